The summed E-state index contributed by atoms with van der Waals surface area (Å²) in [5.41, 5.74) is 2.75. The Labute approximate surface area is 118 Å². The van der Waals surface area contributed by atoms with E-state index in [9.17, 15) is 19.3 Å². The third-order valence-electron chi connectivity index (χ3n) is 2.56. The summed E-state index contributed by atoms with van der Waals surface area (Å²) in [5, 5.41) is 14.3. The van der Waals surface area contributed by atoms with Crippen LogP contribution in [-0.4, -0.2) is 16.5 Å². The predicted molar refractivity (Wildman–Crippen MR) is 71.4 cm³/mol. The van der Waals surface area contributed by atoms with Crippen molar-refractivity contribution in [2.45, 2.75) is 6.92 Å². The molecule has 0 spiro atoms. The number of carbonyl (C=O) groups is 1. The Morgan fingerprint density at radius 2 is 1.95 bits per heavy atom. The van der Waals surface area contributed by atoms with Crippen molar-refractivity contribution in [1.82, 2.24) is 5.43 Å². The summed E-state index contributed by atoms with van der Waals surface area (Å²) in [4.78, 5) is 21.5. The van der Waals surface area contributed by atoms with Crippen LogP contribution in [-0.2, 0) is 0 Å². The molecule has 0 bridgehead atoms. The van der Waals surface area contributed by atoms with Gasteiger partial charge in [0.05, 0.1) is 6.07 Å². The minimum Gasteiger partial charge on any atom is -0.399 e. The number of hydrazone groups is 1. The highest BCUT2D eigenvalue weighted by atomic mass is 19.1. The van der Waals surface area contributed by atoms with E-state index in [1.54, 1.807) is 0 Å². The zero-order chi connectivity index (χ0) is 15.4. The van der Waals surface area contributed by atoms with Crippen LogP contribution < -0.4 is 5.43 Å². The monoisotopic (exact) mass is 291 g/mol. The van der Waals surface area contributed by atoms with Gasteiger partial charge in [-0.3, -0.25) is 14.9 Å². The van der Waals surface area contributed by atoms with Gasteiger partial charge in [-0.05, 0) is 37.3 Å². The van der Waals surface area contributed by atoms with Crippen LogP contribution in [0.2, 0.25) is 0 Å². The topological polar surface area (TPSA) is 97.7 Å². The zero-order valence-electron chi connectivity index (χ0n) is 10.9. The lowest BCUT2D eigenvalue weighted by Gasteiger charge is -2.00. The zero-order valence-corrected chi connectivity index (χ0v) is 10.9. The molecule has 1 N–H and O–H groups in total. The summed E-state index contributed by atoms with van der Waals surface area (Å²) in [5.74, 6) is -1.23. The molecule has 7 nitrogen and oxygen atoms in total. The Morgan fingerprint density at radius 3 is 2.52 bits per heavy atom. The van der Waals surface area contributed by atoms with Crippen molar-refractivity contribution in [2.24, 2.45) is 5.10 Å². The van der Waals surface area contributed by atoms with Gasteiger partial charge in [-0.1, -0.05) is 0 Å². The Hall–Kier alpha value is -3.03. The molecule has 1 aromatic heterocycles. The molecule has 0 aliphatic heterocycles. The van der Waals surface area contributed by atoms with Crippen LogP contribution in [0.3, 0.4) is 0 Å². The van der Waals surface area contributed by atoms with Crippen molar-refractivity contribution in [3.8, 4) is 0 Å². The molecule has 21 heavy (non-hydrogen) atoms. The summed E-state index contributed by atoms with van der Waals surface area (Å²) in [7, 11) is 0. The second-order valence-electron chi connectivity index (χ2n) is 4.04. The number of nitrogens with one attached hydrogen (secondary N) is 1. The summed E-state index contributed by atoms with van der Waals surface area (Å²) < 4.78 is 17.7. The number of amides is 1. The smallest absolute Gasteiger partial charge is 0.399 e. The van der Waals surface area contributed by atoms with Gasteiger partial charge in [-0.15, -0.1) is 0 Å². The third kappa shape index (κ3) is 3.50. The SMILES string of the molecule is CC(=NNC(=O)c1ccc(F)cc1)c1ccc([N+](=O)[O-])o1. The Bertz CT molecular complexity index is 706. The Balaban J connectivity index is 2.07. The van der Waals surface area contributed by atoms with Gasteiger partial charge < -0.3 is 4.42 Å². The van der Waals surface area contributed by atoms with Gasteiger partial charge in [0, 0.05) is 5.56 Å². The van der Waals surface area contributed by atoms with Gasteiger partial charge in [-0.25, -0.2) is 9.82 Å². The minimum atomic E-state index is -0.673. The van der Waals surface area contributed by atoms with Crippen molar-refractivity contribution < 1.29 is 18.5 Å². The van der Waals surface area contributed by atoms with Crippen LogP contribution >= 0.6 is 0 Å². The predicted octanol–water partition coefficient (Wildman–Crippen LogP) is 2.48. The fraction of sp³-hybridized carbons (Fsp3) is 0.0769. The molecule has 2 aromatic rings. The highest BCUT2D eigenvalue weighted by Gasteiger charge is 2.13. The standard InChI is InChI=1S/C13H10FN3O4/c1-8(11-6-7-12(21-11)17(19)20)15-16-13(18)9-2-4-10(14)5-3-9/h2-7H,1H3,(H,16,18). The number of nitrogens with zero attached hydrogens (tertiary/aromatic N) is 2. The number of carbonyl (C=O) groups excluding carboxylic acids is 1. The number of nitro groups is 1. The van der Waals surface area contributed by atoms with Crippen molar-refractivity contribution in [3.05, 3.63) is 63.7 Å². The molecule has 2 rings (SSSR count). The molecule has 1 heterocycles. The van der Waals surface area contributed by atoms with E-state index in [1.165, 1.54) is 31.2 Å². The van der Waals surface area contributed by atoms with Crippen LogP contribution in [0.4, 0.5) is 10.3 Å². The molecule has 0 atom stereocenters. The molecule has 1 aromatic carbocycles. The number of hydrogen-bond acceptors (Lipinski definition) is 5. The Kier molecular flexibility index (Phi) is 4.07. The first kappa shape index (κ1) is 14.4. The fourth-order valence-corrected chi connectivity index (χ4v) is 1.48. The van der Waals surface area contributed by atoms with E-state index >= 15 is 0 Å². The van der Waals surface area contributed by atoms with Crippen LogP contribution in [0.5, 0.6) is 0 Å². The first-order valence-corrected chi connectivity index (χ1v) is 5.82. The quantitative estimate of drug-likeness (QED) is 0.531. The molecular weight excluding hydrogens is 281 g/mol. The molecule has 108 valence electrons. The van der Waals surface area contributed by atoms with Crippen molar-refractivity contribution >= 4 is 17.5 Å². The molecule has 0 radical (unpaired) electrons. The van der Waals surface area contributed by atoms with Gasteiger partial charge in [0.2, 0.25) is 0 Å². The number of halogens is 1. The first-order valence-electron chi connectivity index (χ1n) is 5.82. The lowest BCUT2D eigenvalue weighted by Crippen LogP contribution is -2.19. The van der Waals surface area contributed by atoms with Crippen LogP contribution in [0, 0.1) is 15.9 Å². The summed E-state index contributed by atoms with van der Waals surface area (Å²) in [6.07, 6.45) is 0. The number of hydrogen-bond donors (Lipinski definition) is 1. The van der Waals surface area contributed by atoms with E-state index in [4.69, 9.17) is 4.42 Å². The van der Waals surface area contributed by atoms with E-state index in [-0.39, 0.29) is 17.0 Å². The van der Waals surface area contributed by atoms with Gasteiger partial charge in [0.25, 0.3) is 5.91 Å². The first-order chi connectivity index (χ1) is 9.97. The molecule has 0 aliphatic carbocycles. The van der Waals surface area contributed by atoms with Gasteiger partial charge in [0.1, 0.15) is 16.5 Å². The lowest BCUT2D eigenvalue weighted by molar-refractivity contribution is -0.402. The van der Waals surface area contributed by atoms with E-state index in [0.717, 1.165) is 12.1 Å². The maximum absolute atomic E-state index is 12.7. The molecule has 0 saturated heterocycles. The molecule has 0 fully saturated rings. The highest BCUT2D eigenvalue weighted by Crippen LogP contribution is 2.16. The minimum absolute atomic E-state index is 0.168. The molecule has 0 unspecified atom stereocenters. The van der Waals surface area contributed by atoms with Crippen molar-refractivity contribution in [2.75, 3.05) is 0 Å². The van der Waals surface area contributed by atoms with Crippen LogP contribution in [0.1, 0.15) is 23.0 Å². The van der Waals surface area contributed by atoms with Gasteiger partial charge >= 0.3 is 5.88 Å². The average molecular weight is 291 g/mol. The number of furan rings is 1. The fourth-order valence-electron chi connectivity index (χ4n) is 1.48. The molecule has 0 aliphatic rings. The average Bonchev–Trinajstić information content (AvgIpc) is 2.95. The van der Waals surface area contributed by atoms with E-state index in [0.29, 0.717) is 0 Å². The van der Waals surface area contributed by atoms with Gasteiger partial charge in [0.15, 0.2) is 5.76 Å². The van der Waals surface area contributed by atoms with Crippen molar-refractivity contribution in [3.63, 3.8) is 0 Å². The van der Waals surface area contributed by atoms with Crippen LogP contribution in [0.15, 0.2) is 45.9 Å². The Morgan fingerprint density at radius 1 is 1.29 bits per heavy atom. The van der Waals surface area contributed by atoms with E-state index in [1.807, 2.05) is 0 Å². The maximum Gasteiger partial charge on any atom is 0.433 e. The van der Waals surface area contributed by atoms with Crippen molar-refractivity contribution in [1.29, 1.82) is 0 Å². The maximum atomic E-state index is 12.7. The molecule has 8 heteroatoms. The summed E-state index contributed by atoms with van der Waals surface area (Å²) >= 11 is 0. The lowest BCUT2D eigenvalue weighted by atomic mass is 10.2. The molecule has 1 amide bonds. The van der Waals surface area contributed by atoms with Gasteiger partial charge in [-0.2, -0.15) is 5.10 Å². The largest absolute Gasteiger partial charge is 0.433 e. The highest BCUT2D eigenvalue weighted by molar-refractivity contribution is 5.99. The van der Waals surface area contributed by atoms with E-state index < -0.39 is 22.5 Å². The normalized spacial score (nSPS) is 11.2. The third-order valence-corrected chi connectivity index (χ3v) is 2.56. The van der Waals surface area contributed by atoms with Crippen LogP contribution in [0.25, 0.3) is 0 Å². The summed E-state index contributed by atoms with van der Waals surface area (Å²) in [6, 6.07) is 7.50. The second kappa shape index (κ2) is 5.95. The number of benzene rings is 1. The van der Waals surface area contributed by atoms with E-state index in [2.05, 4.69) is 10.5 Å². The number of rotatable bonds is 4. The summed E-state index contributed by atoms with van der Waals surface area (Å²) in [6.45, 7) is 1.52. The molecular formula is C13H10FN3O4. The second-order valence-corrected chi connectivity index (χ2v) is 4.04. The molecule has 0 saturated carbocycles.